The van der Waals surface area contributed by atoms with Crippen molar-refractivity contribution in [3.63, 3.8) is 0 Å². The zero-order valence-electron chi connectivity index (χ0n) is 9.38. The van der Waals surface area contributed by atoms with Gasteiger partial charge in [0.05, 0.1) is 10.0 Å². The maximum Gasteiger partial charge on any atom is 0.0640 e. The molecule has 0 fully saturated rings. The molecule has 0 aliphatic heterocycles. The lowest BCUT2D eigenvalue weighted by molar-refractivity contribution is 0.128. The van der Waals surface area contributed by atoms with Crippen LogP contribution in [0.15, 0.2) is 18.2 Å². The fourth-order valence-corrected chi connectivity index (χ4v) is 1.87. The van der Waals surface area contributed by atoms with E-state index in [9.17, 15) is 0 Å². The average molecular weight is 262 g/mol. The van der Waals surface area contributed by atoms with Crippen LogP contribution in [0.4, 0.5) is 0 Å². The van der Waals surface area contributed by atoms with E-state index in [0.717, 1.165) is 25.0 Å². The largest absolute Gasteiger partial charge is 0.381 e. The fraction of sp³-hybridized carbons (Fsp3) is 0.500. The molecule has 4 heteroatoms. The Morgan fingerprint density at radius 2 is 2.06 bits per heavy atom. The van der Waals surface area contributed by atoms with Gasteiger partial charge in [-0.2, -0.15) is 0 Å². The molecule has 0 spiro atoms. The van der Waals surface area contributed by atoms with Crippen molar-refractivity contribution in [1.29, 1.82) is 0 Å². The Morgan fingerprint density at radius 3 is 2.75 bits per heavy atom. The second kappa shape index (κ2) is 7.13. The molecule has 0 aromatic heterocycles. The summed E-state index contributed by atoms with van der Waals surface area (Å²) in [5.41, 5.74) is 6.91. The van der Waals surface area contributed by atoms with Crippen LogP contribution in [0.3, 0.4) is 0 Å². The first-order valence-corrected chi connectivity index (χ1v) is 6.19. The highest BCUT2D eigenvalue weighted by Gasteiger charge is 2.11. The second-order valence-corrected chi connectivity index (χ2v) is 4.44. The molecule has 2 nitrogen and oxygen atoms in total. The van der Waals surface area contributed by atoms with Crippen molar-refractivity contribution in [3.05, 3.63) is 33.8 Å². The predicted octanol–water partition coefficient (Wildman–Crippen LogP) is 3.81. The molecule has 1 unspecified atom stereocenters. The quantitative estimate of drug-likeness (QED) is 0.791. The summed E-state index contributed by atoms with van der Waals surface area (Å²) in [4.78, 5) is 0. The van der Waals surface area contributed by atoms with Gasteiger partial charge in [-0.05, 0) is 24.5 Å². The third-order valence-corrected chi connectivity index (χ3v) is 3.14. The van der Waals surface area contributed by atoms with Gasteiger partial charge in [0.1, 0.15) is 0 Å². The summed E-state index contributed by atoms with van der Waals surface area (Å²) in [6.45, 7) is 3.50. The molecule has 0 aliphatic rings. The van der Waals surface area contributed by atoms with E-state index >= 15 is 0 Å². The van der Waals surface area contributed by atoms with E-state index in [1.807, 2.05) is 12.1 Å². The smallest absolute Gasteiger partial charge is 0.0640 e. The molecule has 1 rings (SSSR count). The monoisotopic (exact) mass is 261 g/mol. The minimum absolute atomic E-state index is 0.122. The highest BCUT2D eigenvalue weighted by molar-refractivity contribution is 6.42. The van der Waals surface area contributed by atoms with Crippen molar-refractivity contribution in [2.45, 2.75) is 25.8 Å². The van der Waals surface area contributed by atoms with Crippen molar-refractivity contribution < 1.29 is 4.74 Å². The van der Waals surface area contributed by atoms with Crippen LogP contribution in [0.25, 0.3) is 0 Å². The Hall–Kier alpha value is -0.280. The van der Waals surface area contributed by atoms with Gasteiger partial charge in [-0.3, -0.25) is 0 Å². The van der Waals surface area contributed by atoms with Crippen LogP contribution < -0.4 is 5.73 Å². The van der Waals surface area contributed by atoms with Crippen molar-refractivity contribution in [2.75, 3.05) is 13.2 Å². The number of ether oxygens (including phenoxy) is 1. The molecule has 0 amide bonds. The highest BCUT2D eigenvalue weighted by Crippen LogP contribution is 2.30. The van der Waals surface area contributed by atoms with Crippen LogP contribution in [-0.2, 0) is 4.74 Å². The Balaban J connectivity index is 2.52. The van der Waals surface area contributed by atoms with Gasteiger partial charge in [-0.1, -0.05) is 42.3 Å². The van der Waals surface area contributed by atoms with Crippen LogP contribution in [0.1, 0.15) is 31.4 Å². The molecule has 2 N–H and O–H groups in total. The van der Waals surface area contributed by atoms with Crippen LogP contribution in [0.5, 0.6) is 0 Å². The van der Waals surface area contributed by atoms with Gasteiger partial charge in [-0.15, -0.1) is 0 Å². The molecule has 0 saturated carbocycles. The molecule has 0 bridgehead atoms. The minimum atomic E-state index is -0.122. The van der Waals surface area contributed by atoms with Gasteiger partial charge in [0, 0.05) is 19.3 Å². The summed E-state index contributed by atoms with van der Waals surface area (Å²) in [6.07, 6.45) is 1.77. The van der Waals surface area contributed by atoms with Gasteiger partial charge >= 0.3 is 0 Å². The number of halogens is 2. The van der Waals surface area contributed by atoms with Gasteiger partial charge in [0.15, 0.2) is 0 Å². The van der Waals surface area contributed by atoms with E-state index in [0.29, 0.717) is 16.7 Å². The number of benzene rings is 1. The summed E-state index contributed by atoms with van der Waals surface area (Å²) >= 11 is 12.0. The van der Waals surface area contributed by atoms with Crippen molar-refractivity contribution >= 4 is 23.2 Å². The fourth-order valence-electron chi connectivity index (χ4n) is 1.42. The third kappa shape index (κ3) is 3.95. The van der Waals surface area contributed by atoms with Crippen LogP contribution in [-0.4, -0.2) is 13.2 Å². The predicted molar refractivity (Wildman–Crippen MR) is 69.1 cm³/mol. The number of nitrogens with two attached hydrogens (primary N) is 1. The highest BCUT2D eigenvalue weighted by atomic mass is 35.5. The Morgan fingerprint density at radius 1 is 1.31 bits per heavy atom. The summed E-state index contributed by atoms with van der Waals surface area (Å²) in [6, 6.07) is 5.39. The van der Waals surface area contributed by atoms with Gasteiger partial charge in [-0.25, -0.2) is 0 Å². The van der Waals surface area contributed by atoms with Crippen molar-refractivity contribution in [3.8, 4) is 0 Å². The van der Waals surface area contributed by atoms with E-state index < -0.39 is 0 Å². The van der Waals surface area contributed by atoms with Crippen molar-refractivity contribution in [2.24, 2.45) is 5.73 Å². The average Bonchev–Trinajstić information content (AvgIpc) is 2.28. The Bertz CT molecular complexity index is 331. The number of rotatable bonds is 6. The molecule has 1 atom stereocenters. The lowest BCUT2D eigenvalue weighted by Crippen LogP contribution is -2.14. The SMILES string of the molecule is CCCOCCC(N)c1cccc(Cl)c1Cl. The second-order valence-electron chi connectivity index (χ2n) is 3.65. The zero-order valence-corrected chi connectivity index (χ0v) is 10.9. The summed E-state index contributed by atoms with van der Waals surface area (Å²) in [7, 11) is 0. The normalized spacial score (nSPS) is 12.8. The topological polar surface area (TPSA) is 35.2 Å². The lowest BCUT2D eigenvalue weighted by Gasteiger charge is -2.14. The van der Waals surface area contributed by atoms with E-state index in [1.54, 1.807) is 6.07 Å². The standard InChI is InChI=1S/C12H17Cl2NO/c1-2-7-16-8-6-11(15)9-4-3-5-10(13)12(9)14/h3-5,11H,2,6-8,15H2,1H3. The molecule has 1 aromatic rings. The molecule has 0 saturated heterocycles. The van der Waals surface area contributed by atoms with E-state index in [-0.39, 0.29) is 6.04 Å². The molecule has 0 radical (unpaired) electrons. The number of hydrogen-bond acceptors (Lipinski definition) is 2. The first kappa shape index (κ1) is 13.8. The van der Waals surface area contributed by atoms with Crippen LogP contribution in [0.2, 0.25) is 10.0 Å². The van der Waals surface area contributed by atoms with Crippen LogP contribution in [0, 0.1) is 0 Å². The first-order valence-electron chi connectivity index (χ1n) is 5.44. The molecular weight excluding hydrogens is 245 g/mol. The minimum Gasteiger partial charge on any atom is -0.381 e. The van der Waals surface area contributed by atoms with E-state index in [4.69, 9.17) is 33.7 Å². The molecular formula is C12H17Cl2NO. The molecule has 16 heavy (non-hydrogen) atoms. The molecule has 1 aromatic carbocycles. The maximum atomic E-state index is 6.08. The zero-order chi connectivity index (χ0) is 12.0. The van der Waals surface area contributed by atoms with Gasteiger partial charge < -0.3 is 10.5 Å². The maximum absolute atomic E-state index is 6.08. The lowest BCUT2D eigenvalue weighted by atomic mass is 10.1. The first-order chi connectivity index (χ1) is 7.66. The van der Waals surface area contributed by atoms with Crippen LogP contribution >= 0.6 is 23.2 Å². The Kier molecular flexibility index (Phi) is 6.14. The van der Waals surface area contributed by atoms with E-state index in [2.05, 4.69) is 6.92 Å². The summed E-state index contributed by atoms with van der Waals surface area (Å²) in [5.74, 6) is 0. The van der Waals surface area contributed by atoms with E-state index in [1.165, 1.54) is 0 Å². The van der Waals surface area contributed by atoms with Crippen molar-refractivity contribution in [1.82, 2.24) is 0 Å². The Labute approximate surface area is 107 Å². The van der Waals surface area contributed by atoms with Gasteiger partial charge in [0.2, 0.25) is 0 Å². The molecule has 0 aliphatic carbocycles. The summed E-state index contributed by atoms with van der Waals surface area (Å²) < 4.78 is 5.39. The third-order valence-electron chi connectivity index (χ3n) is 2.30. The van der Waals surface area contributed by atoms with Gasteiger partial charge in [0.25, 0.3) is 0 Å². The number of hydrogen-bond donors (Lipinski definition) is 1. The molecule has 90 valence electrons. The molecule has 0 heterocycles. The summed E-state index contributed by atoms with van der Waals surface area (Å²) in [5, 5.41) is 1.09.